The Kier molecular flexibility index (Phi) is 3.74. The highest BCUT2D eigenvalue weighted by molar-refractivity contribution is 5.55. The first-order valence-electron chi connectivity index (χ1n) is 7.62. The van der Waals surface area contributed by atoms with E-state index < -0.39 is 0 Å². The van der Waals surface area contributed by atoms with Crippen molar-refractivity contribution in [3.05, 3.63) is 42.7 Å². The number of hydrogen-bond acceptors (Lipinski definition) is 5. The van der Waals surface area contributed by atoms with E-state index in [1.165, 1.54) is 0 Å². The molecule has 2 aliphatic rings. The zero-order valence-corrected chi connectivity index (χ0v) is 12.2. The summed E-state index contributed by atoms with van der Waals surface area (Å²) in [4.78, 5) is 8.48. The molecule has 3 atom stereocenters. The van der Waals surface area contributed by atoms with Crippen LogP contribution in [0.25, 0.3) is 11.4 Å². The van der Waals surface area contributed by atoms with Crippen molar-refractivity contribution in [3.8, 4) is 17.1 Å². The summed E-state index contributed by atoms with van der Waals surface area (Å²) in [5, 5.41) is 0. The van der Waals surface area contributed by atoms with Gasteiger partial charge in [0.2, 0.25) is 0 Å². The average molecular weight is 298 g/mol. The summed E-state index contributed by atoms with van der Waals surface area (Å²) in [6.45, 7) is 2.41. The molecule has 0 spiro atoms. The van der Waals surface area contributed by atoms with Crippen LogP contribution in [0.15, 0.2) is 42.7 Å². The SMILES string of the molecule is c1cnc(-c2ccc(OCC(CC3CO3)C3CO3)cc2)nc1. The van der Waals surface area contributed by atoms with Gasteiger partial charge in [-0.25, -0.2) is 9.97 Å². The van der Waals surface area contributed by atoms with Crippen molar-refractivity contribution in [2.75, 3.05) is 19.8 Å². The number of epoxide rings is 2. The predicted octanol–water partition coefficient (Wildman–Crippen LogP) is 2.33. The molecule has 0 amide bonds. The van der Waals surface area contributed by atoms with Crippen LogP contribution >= 0.6 is 0 Å². The van der Waals surface area contributed by atoms with Gasteiger partial charge >= 0.3 is 0 Å². The van der Waals surface area contributed by atoms with E-state index in [9.17, 15) is 0 Å². The van der Waals surface area contributed by atoms with Crippen LogP contribution in [0.4, 0.5) is 0 Å². The van der Waals surface area contributed by atoms with E-state index in [1.807, 2.05) is 30.3 Å². The minimum absolute atomic E-state index is 0.348. The number of nitrogens with zero attached hydrogens (tertiary/aromatic N) is 2. The number of ether oxygens (including phenoxy) is 3. The largest absolute Gasteiger partial charge is 0.493 e. The third kappa shape index (κ3) is 3.43. The quantitative estimate of drug-likeness (QED) is 0.734. The van der Waals surface area contributed by atoms with Crippen LogP contribution in [-0.4, -0.2) is 42.0 Å². The van der Waals surface area contributed by atoms with Crippen molar-refractivity contribution in [1.82, 2.24) is 9.97 Å². The smallest absolute Gasteiger partial charge is 0.159 e. The van der Waals surface area contributed by atoms with Gasteiger partial charge in [-0.15, -0.1) is 0 Å². The number of aromatic nitrogens is 2. The lowest BCUT2D eigenvalue weighted by molar-refractivity contribution is 0.190. The molecule has 0 bridgehead atoms. The maximum Gasteiger partial charge on any atom is 0.159 e. The maximum atomic E-state index is 5.91. The fourth-order valence-corrected chi connectivity index (χ4v) is 2.55. The van der Waals surface area contributed by atoms with E-state index in [4.69, 9.17) is 14.2 Å². The molecule has 0 aliphatic carbocycles. The maximum absolute atomic E-state index is 5.91. The molecule has 0 radical (unpaired) electrons. The van der Waals surface area contributed by atoms with Crippen LogP contribution in [0.3, 0.4) is 0 Å². The van der Waals surface area contributed by atoms with Gasteiger partial charge in [0.25, 0.3) is 0 Å². The predicted molar refractivity (Wildman–Crippen MR) is 80.6 cm³/mol. The zero-order chi connectivity index (χ0) is 14.8. The monoisotopic (exact) mass is 298 g/mol. The Morgan fingerprint density at radius 3 is 2.45 bits per heavy atom. The second-order valence-corrected chi connectivity index (χ2v) is 5.73. The van der Waals surface area contributed by atoms with Crippen molar-refractivity contribution in [2.45, 2.75) is 18.6 Å². The lowest BCUT2D eigenvalue weighted by atomic mass is 10.0. The number of benzene rings is 1. The van der Waals surface area contributed by atoms with Crippen molar-refractivity contribution < 1.29 is 14.2 Å². The second kappa shape index (κ2) is 6.02. The normalized spacial score (nSPS) is 23.8. The summed E-state index contributed by atoms with van der Waals surface area (Å²) < 4.78 is 16.6. The minimum Gasteiger partial charge on any atom is -0.493 e. The molecule has 0 saturated carbocycles. The van der Waals surface area contributed by atoms with Gasteiger partial charge in [0.1, 0.15) is 5.75 Å². The molecule has 5 nitrogen and oxygen atoms in total. The molecule has 2 fully saturated rings. The van der Waals surface area contributed by atoms with Gasteiger partial charge in [-0.05, 0) is 36.8 Å². The molecule has 22 heavy (non-hydrogen) atoms. The minimum atomic E-state index is 0.348. The van der Waals surface area contributed by atoms with Gasteiger partial charge in [-0.3, -0.25) is 0 Å². The van der Waals surface area contributed by atoms with Crippen LogP contribution < -0.4 is 4.74 Å². The van der Waals surface area contributed by atoms with Crippen LogP contribution in [0, 0.1) is 5.92 Å². The Hall–Kier alpha value is -1.98. The summed E-state index contributed by atoms with van der Waals surface area (Å²) in [5.41, 5.74) is 0.987. The fourth-order valence-electron chi connectivity index (χ4n) is 2.55. The summed E-state index contributed by atoms with van der Waals surface area (Å²) in [6, 6.07) is 9.70. The molecular weight excluding hydrogens is 280 g/mol. The molecule has 2 saturated heterocycles. The summed E-state index contributed by atoms with van der Waals surface area (Å²) in [7, 11) is 0. The molecule has 5 heteroatoms. The van der Waals surface area contributed by atoms with E-state index in [-0.39, 0.29) is 0 Å². The summed E-state index contributed by atoms with van der Waals surface area (Å²) in [6.07, 6.45) is 5.28. The van der Waals surface area contributed by atoms with Gasteiger partial charge in [0.15, 0.2) is 5.82 Å². The Morgan fingerprint density at radius 1 is 1.09 bits per heavy atom. The Morgan fingerprint density at radius 2 is 1.82 bits per heavy atom. The Balaban J connectivity index is 1.36. The highest BCUT2D eigenvalue weighted by Crippen LogP contribution is 2.30. The molecule has 114 valence electrons. The first-order chi connectivity index (χ1) is 10.9. The Bertz CT molecular complexity index is 610. The molecule has 1 aromatic carbocycles. The topological polar surface area (TPSA) is 60.1 Å². The van der Waals surface area contributed by atoms with E-state index in [0.29, 0.717) is 24.7 Å². The number of rotatable bonds is 7. The van der Waals surface area contributed by atoms with Crippen molar-refractivity contribution >= 4 is 0 Å². The highest BCUT2D eigenvalue weighted by Gasteiger charge is 2.38. The zero-order valence-electron chi connectivity index (χ0n) is 12.2. The standard InChI is InChI=1S/C17H18N2O3/c1-6-18-17(19-7-1)12-2-4-14(5-3-12)20-9-13(16-11-22-16)8-15-10-21-15/h1-7,13,15-16H,8-11H2. The molecule has 2 aromatic rings. The van der Waals surface area contributed by atoms with Gasteiger partial charge in [0, 0.05) is 23.9 Å². The van der Waals surface area contributed by atoms with Gasteiger partial charge in [-0.2, -0.15) is 0 Å². The lowest BCUT2D eigenvalue weighted by Gasteiger charge is -2.14. The summed E-state index contributed by atoms with van der Waals surface area (Å²) in [5.74, 6) is 2.01. The van der Waals surface area contributed by atoms with Crippen molar-refractivity contribution in [1.29, 1.82) is 0 Å². The molecular formula is C17H18N2O3. The second-order valence-electron chi connectivity index (χ2n) is 5.73. The number of hydrogen-bond donors (Lipinski definition) is 0. The van der Waals surface area contributed by atoms with Gasteiger partial charge in [-0.1, -0.05) is 0 Å². The van der Waals surface area contributed by atoms with E-state index in [2.05, 4.69) is 9.97 Å². The molecule has 1 aromatic heterocycles. The van der Waals surface area contributed by atoms with E-state index >= 15 is 0 Å². The molecule has 3 unspecified atom stereocenters. The van der Waals surface area contributed by atoms with Crippen LogP contribution in [0.1, 0.15) is 6.42 Å². The van der Waals surface area contributed by atoms with Crippen LogP contribution in [0.2, 0.25) is 0 Å². The fraction of sp³-hybridized carbons (Fsp3) is 0.412. The van der Waals surface area contributed by atoms with Gasteiger partial charge in [0.05, 0.1) is 32.0 Å². The molecule has 4 rings (SSSR count). The average Bonchev–Trinajstić information content (AvgIpc) is 3.47. The Labute approximate surface area is 129 Å². The summed E-state index contributed by atoms with van der Waals surface area (Å²) >= 11 is 0. The lowest BCUT2D eigenvalue weighted by Crippen LogP contribution is -2.20. The van der Waals surface area contributed by atoms with Crippen molar-refractivity contribution in [3.63, 3.8) is 0 Å². The van der Waals surface area contributed by atoms with E-state index in [1.54, 1.807) is 12.4 Å². The molecule has 0 N–H and O–H groups in total. The van der Waals surface area contributed by atoms with Crippen molar-refractivity contribution in [2.24, 2.45) is 5.92 Å². The first-order valence-corrected chi connectivity index (χ1v) is 7.62. The third-order valence-electron chi connectivity index (χ3n) is 4.00. The molecule has 2 aliphatic heterocycles. The van der Waals surface area contributed by atoms with Gasteiger partial charge < -0.3 is 14.2 Å². The third-order valence-corrected chi connectivity index (χ3v) is 4.00. The van der Waals surface area contributed by atoms with E-state index in [0.717, 1.165) is 36.8 Å². The van der Waals surface area contributed by atoms with Crippen LogP contribution in [-0.2, 0) is 9.47 Å². The van der Waals surface area contributed by atoms with Crippen LogP contribution in [0.5, 0.6) is 5.75 Å². The highest BCUT2D eigenvalue weighted by atomic mass is 16.6. The first kappa shape index (κ1) is 13.7. The molecule has 3 heterocycles.